The monoisotopic (exact) mass is 581 g/mol. The Hall–Kier alpha value is -4.00. The number of nitrogens with zero attached hydrogens (tertiary/aromatic N) is 3. The second-order valence-corrected chi connectivity index (χ2v) is 13.7. The molecule has 5 aromatic rings. The van der Waals surface area contributed by atoms with Crippen LogP contribution in [0.4, 0.5) is 10.8 Å². The summed E-state index contributed by atoms with van der Waals surface area (Å²) in [6, 6.07) is 22.4. The van der Waals surface area contributed by atoms with Crippen molar-refractivity contribution in [2.75, 3.05) is 22.5 Å². The van der Waals surface area contributed by atoms with Gasteiger partial charge in [-0.3, -0.25) is 14.0 Å². The minimum atomic E-state index is -3.85. The molecular formula is C27H23N3O6S3. The average molecular weight is 582 g/mol. The lowest BCUT2D eigenvalue weighted by molar-refractivity contribution is 0.0983. The average Bonchev–Trinajstić information content (AvgIpc) is 3.60. The minimum Gasteiger partial charge on any atom is -0.467 e. The normalized spacial score (nSPS) is 11.9. The predicted molar refractivity (Wildman–Crippen MR) is 150 cm³/mol. The van der Waals surface area contributed by atoms with E-state index in [0.29, 0.717) is 26.8 Å². The summed E-state index contributed by atoms with van der Waals surface area (Å²) in [5.74, 6) is 0.0947. The number of anilines is 2. The molecule has 39 heavy (non-hydrogen) atoms. The quantitative estimate of drug-likeness (QED) is 0.254. The van der Waals surface area contributed by atoms with Crippen molar-refractivity contribution in [3.05, 3.63) is 103 Å². The molecule has 2 heterocycles. The van der Waals surface area contributed by atoms with Gasteiger partial charge in [0.1, 0.15) is 5.76 Å². The summed E-state index contributed by atoms with van der Waals surface area (Å²) in [4.78, 5) is 19.9. The molecule has 0 spiro atoms. The molecule has 200 valence electrons. The highest BCUT2D eigenvalue weighted by Gasteiger charge is 2.25. The number of rotatable bonds is 8. The van der Waals surface area contributed by atoms with Crippen LogP contribution in [0, 0.1) is 0 Å². The van der Waals surface area contributed by atoms with Crippen LogP contribution >= 0.6 is 11.3 Å². The molecule has 0 aliphatic heterocycles. The maximum absolute atomic E-state index is 13.7. The molecule has 0 N–H and O–H groups in total. The molecule has 0 radical (unpaired) electrons. The van der Waals surface area contributed by atoms with E-state index in [4.69, 9.17) is 4.42 Å². The first-order valence-electron chi connectivity index (χ1n) is 11.6. The molecule has 2 aromatic heterocycles. The van der Waals surface area contributed by atoms with E-state index in [2.05, 4.69) is 4.98 Å². The first kappa shape index (κ1) is 26.6. The molecule has 9 nitrogen and oxygen atoms in total. The van der Waals surface area contributed by atoms with Crippen LogP contribution < -0.4 is 9.21 Å². The molecule has 3 aromatic carbocycles. The van der Waals surface area contributed by atoms with Crippen LogP contribution in [-0.4, -0.2) is 41.0 Å². The minimum absolute atomic E-state index is 0.0382. The Bertz CT molecular complexity index is 1850. The van der Waals surface area contributed by atoms with Crippen LogP contribution in [-0.2, 0) is 26.4 Å². The fourth-order valence-electron chi connectivity index (χ4n) is 3.88. The van der Waals surface area contributed by atoms with Crippen LogP contribution in [0.3, 0.4) is 0 Å². The van der Waals surface area contributed by atoms with Gasteiger partial charge in [-0.05, 0) is 66.7 Å². The molecule has 0 aliphatic rings. The molecule has 0 fully saturated rings. The Morgan fingerprint density at radius 3 is 2.23 bits per heavy atom. The molecule has 1 amide bonds. The summed E-state index contributed by atoms with van der Waals surface area (Å²) in [5.41, 5.74) is 1.31. The number of hydrogen-bond donors (Lipinski definition) is 0. The van der Waals surface area contributed by atoms with E-state index in [1.54, 1.807) is 48.5 Å². The fourth-order valence-corrected chi connectivity index (χ4v) is 6.80. The number of hydrogen-bond acceptors (Lipinski definition) is 8. The van der Waals surface area contributed by atoms with Gasteiger partial charge in [0.15, 0.2) is 15.0 Å². The first-order chi connectivity index (χ1) is 18.5. The summed E-state index contributed by atoms with van der Waals surface area (Å²) in [6.07, 6.45) is 2.63. The predicted octanol–water partition coefficient (Wildman–Crippen LogP) is 4.96. The van der Waals surface area contributed by atoms with Crippen molar-refractivity contribution in [3.8, 4) is 0 Å². The molecule has 0 aliphatic carbocycles. The number of carbonyl (C=O) groups excluding carboxylic acids is 1. The first-order valence-corrected chi connectivity index (χ1v) is 15.8. The summed E-state index contributed by atoms with van der Waals surface area (Å²) >= 11 is 1.17. The van der Waals surface area contributed by atoms with E-state index in [9.17, 15) is 21.6 Å². The molecule has 0 bridgehead atoms. The van der Waals surface area contributed by atoms with Gasteiger partial charge in [0.2, 0.25) is 0 Å². The van der Waals surface area contributed by atoms with Gasteiger partial charge in [-0.15, -0.1) is 0 Å². The molecule has 0 unspecified atom stereocenters. The van der Waals surface area contributed by atoms with E-state index >= 15 is 0 Å². The Morgan fingerprint density at radius 2 is 1.59 bits per heavy atom. The van der Waals surface area contributed by atoms with Crippen molar-refractivity contribution in [1.29, 1.82) is 0 Å². The number of fused-ring (bicyclic) bond motifs is 1. The van der Waals surface area contributed by atoms with Gasteiger partial charge >= 0.3 is 0 Å². The zero-order chi connectivity index (χ0) is 27.8. The highest BCUT2D eigenvalue weighted by molar-refractivity contribution is 7.92. The number of furan rings is 1. The lowest BCUT2D eigenvalue weighted by Gasteiger charge is -2.21. The number of sulfone groups is 1. The van der Waals surface area contributed by atoms with Crippen molar-refractivity contribution in [3.63, 3.8) is 0 Å². The van der Waals surface area contributed by atoms with E-state index in [0.717, 1.165) is 6.26 Å². The fraction of sp³-hybridized carbons (Fsp3) is 0.111. The van der Waals surface area contributed by atoms with Crippen molar-refractivity contribution in [2.45, 2.75) is 16.3 Å². The number of benzene rings is 3. The number of amides is 1. The number of sulfonamides is 1. The van der Waals surface area contributed by atoms with Gasteiger partial charge in [-0.2, -0.15) is 0 Å². The van der Waals surface area contributed by atoms with E-state index in [1.807, 2.05) is 0 Å². The van der Waals surface area contributed by atoms with Crippen LogP contribution in [0.2, 0.25) is 0 Å². The number of aromatic nitrogens is 1. The SMILES string of the molecule is CN(c1ccccc1)S(=O)(=O)c1ccc(C(=O)N(Cc2ccco2)c2nc3ccc(S(C)(=O)=O)cc3s2)cc1. The van der Waals surface area contributed by atoms with Crippen molar-refractivity contribution in [2.24, 2.45) is 0 Å². The van der Waals surface area contributed by atoms with Crippen LogP contribution in [0.15, 0.2) is 105 Å². The van der Waals surface area contributed by atoms with Gasteiger partial charge in [-0.25, -0.2) is 21.8 Å². The number of carbonyl (C=O) groups is 1. The zero-order valence-electron chi connectivity index (χ0n) is 20.9. The van der Waals surface area contributed by atoms with Crippen molar-refractivity contribution >= 4 is 58.1 Å². The molecule has 5 rings (SSSR count). The van der Waals surface area contributed by atoms with Crippen molar-refractivity contribution in [1.82, 2.24) is 4.98 Å². The summed E-state index contributed by atoms with van der Waals surface area (Å²) in [6.45, 7) is 0.0708. The Morgan fingerprint density at radius 1 is 0.897 bits per heavy atom. The van der Waals surface area contributed by atoms with Gasteiger partial charge in [0, 0.05) is 18.9 Å². The molecule has 0 saturated carbocycles. The lowest BCUT2D eigenvalue weighted by atomic mass is 10.2. The van der Waals surface area contributed by atoms with Gasteiger partial charge in [-0.1, -0.05) is 29.5 Å². The molecular weight excluding hydrogens is 559 g/mol. The maximum atomic E-state index is 13.7. The standard InChI is InChI=1S/C27H23N3O6S3/c1-29(20-7-4-3-5-8-20)39(34,35)22-12-10-19(11-13-22)26(31)30(18-21-9-6-16-36-21)27-28-24-15-14-23(38(2,32)33)17-25(24)37-27/h3-17H,18H2,1-2H3. The third-order valence-electron chi connectivity index (χ3n) is 6.03. The smallest absolute Gasteiger partial charge is 0.264 e. The van der Waals surface area contributed by atoms with E-state index in [-0.39, 0.29) is 21.9 Å². The second-order valence-electron chi connectivity index (χ2n) is 8.70. The maximum Gasteiger partial charge on any atom is 0.264 e. The van der Waals surface area contributed by atoms with Crippen LogP contribution in [0.1, 0.15) is 16.1 Å². The third-order valence-corrected chi connectivity index (χ3v) is 9.98. The van der Waals surface area contributed by atoms with Gasteiger partial charge in [0.05, 0.1) is 38.5 Å². The summed E-state index contributed by atoms with van der Waals surface area (Å²) in [5, 5.41) is 0.345. The Labute approximate surface area is 229 Å². The van der Waals surface area contributed by atoms with Gasteiger partial charge < -0.3 is 4.42 Å². The van der Waals surface area contributed by atoms with Crippen LogP contribution in [0.25, 0.3) is 10.2 Å². The second kappa shape index (κ2) is 10.3. The molecule has 12 heteroatoms. The lowest BCUT2D eigenvalue weighted by Crippen LogP contribution is -2.30. The highest BCUT2D eigenvalue weighted by Crippen LogP contribution is 2.33. The zero-order valence-corrected chi connectivity index (χ0v) is 23.3. The third kappa shape index (κ3) is 5.44. The van der Waals surface area contributed by atoms with Gasteiger partial charge in [0.25, 0.3) is 15.9 Å². The Kier molecular flexibility index (Phi) is 7.02. The number of para-hydroxylation sites is 1. The van der Waals surface area contributed by atoms with E-state index < -0.39 is 25.8 Å². The largest absolute Gasteiger partial charge is 0.467 e. The highest BCUT2D eigenvalue weighted by atomic mass is 32.2. The van der Waals surface area contributed by atoms with E-state index in [1.165, 1.54) is 70.3 Å². The number of thiazole rings is 1. The molecule has 0 saturated heterocycles. The topological polar surface area (TPSA) is 118 Å². The summed E-state index contributed by atoms with van der Waals surface area (Å²) < 4.78 is 57.5. The summed E-state index contributed by atoms with van der Waals surface area (Å²) in [7, 11) is -5.79. The Balaban J connectivity index is 1.48. The molecule has 0 atom stereocenters. The van der Waals surface area contributed by atoms with Crippen molar-refractivity contribution < 1.29 is 26.0 Å². The van der Waals surface area contributed by atoms with Crippen LogP contribution in [0.5, 0.6) is 0 Å².